The highest BCUT2D eigenvalue weighted by Crippen LogP contribution is 2.21. The molecule has 0 spiro atoms. The third-order valence-corrected chi connectivity index (χ3v) is 2.68. The minimum atomic E-state index is -1.14. The molecule has 0 unspecified atom stereocenters. The van der Waals surface area contributed by atoms with E-state index in [1.54, 1.807) is 49.5 Å². The van der Waals surface area contributed by atoms with Gasteiger partial charge in [0.2, 0.25) is 5.82 Å². The van der Waals surface area contributed by atoms with Gasteiger partial charge in [0.15, 0.2) is 0 Å². The van der Waals surface area contributed by atoms with Crippen molar-refractivity contribution in [2.24, 2.45) is 5.10 Å². The van der Waals surface area contributed by atoms with Crippen molar-refractivity contribution in [3.8, 4) is 11.3 Å². The second-order valence-corrected chi connectivity index (χ2v) is 4.74. The van der Waals surface area contributed by atoms with Crippen molar-refractivity contribution in [3.63, 3.8) is 0 Å². The van der Waals surface area contributed by atoms with Crippen molar-refractivity contribution in [2.45, 2.75) is 0 Å². The van der Waals surface area contributed by atoms with E-state index in [4.69, 9.17) is 16.7 Å². The maximum Gasteiger partial charge on any atom is 0.374 e. The molecule has 0 fully saturated rings. The highest BCUT2D eigenvalue weighted by molar-refractivity contribution is 6.30. The van der Waals surface area contributed by atoms with E-state index in [0.717, 1.165) is 5.56 Å². The van der Waals surface area contributed by atoms with Gasteiger partial charge >= 0.3 is 5.97 Å². The molecule has 0 aliphatic carbocycles. The summed E-state index contributed by atoms with van der Waals surface area (Å²) in [6.45, 7) is 0. The molecule has 0 bridgehead atoms. The topological polar surface area (TPSA) is 70.7 Å². The smallest absolute Gasteiger partial charge is 0.374 e. The zero-order valence-electron chi connectivity index (χ0n) is 11.0. The first kappa shape index (κ1) is 14.1. The molecular formula is C13H13ClN4O2. The first-order valence-electron chi connectivity index (χ1n) is 5.77. The number of carboxylic acid groups (broad SMARTS) is 1. The molecule has 1 aromatic heterocycles. The van der Waals surface area contributed by atoms with Crippen LogP contribution in [0.15, 0.2) is 35.6 Å². The summed E-state index contributed by atoms with van der Waals surface area (Å²) in [5.41, 5.74) is 1.30. The zero-order valence-corrected chi connectivity index (χ0v) is 11.7. The number of benzene rings is 1. The Labute approximate surface area is 120 Å². The number of carbonyl (C=O) groups is 1. The standard InChI is InChI=1S/C13H13ClN4O2/c1-17(2)8-15-18-7-11(16-12(18)13(19)20)9-3-5-10(14)6-4-9/h3-8H,1-2H3,(H,19,20). The van der Waals surface area contributed by atoms with E-state index in [-0.39, 0.29) is 5.82 Å². The van der Waals surface area contributed by atoms with Gasteiger partial charge in [0.1, 0.15) is 6.34 Å². The number of aromatic carboxylic acids is 1. The molecule has 0 aliphatic rings. The third-order valence-electron chi connectivity index (χ3n) is 2.43. The van der Waals surface area contributed by atoms with E-state index in [1.807, 2.05) is 0 Å². The van der Waals surface area contributed by atoms with E-state index < -0.39 is 5.97 Å². The molecule has 0 saturated carbocycles. The lowest BCUT2D eigenvalue weighted by molar-refractivity contribution is 0.0679. The van der Waals surface area contributed by atoms with Gasteiger partial charge in [-0.1, -0.05) is 23.7 Å². The monoisotopic (exact) mass is 292 g/mol. The fourth-order valence-corrected chi connectivity index (χ4v) is 1.65. The lowest BCUT2D eigenvalue weighted by atomic mass is 10.2. The molecule has 0 radical (unpaired) electrons. The molecule has 20 heavy (non-hydrogen) atoms. The Morgan fingerprint density at radius 2 is 2.05 bits per heavy atom. The van der Waals surface area contributed by atoms with Gasteiger partial charge in [-0.25, -0.2) is 14.5 Å². The summed E-state index contributed by atoms with van der Waals surface area (Å²) in [7, 11) is 3.59. The molecule has 104 valence electrons. The summed E-state index contributed by atoms with van der Waals surface area (Å²) in [5, 5.41) is 13.8. The highest BCUT2D eigenvalue weighted by Gasteiger charge is 2.15. The molecule has 0 amide bonds. The Balaban J connectivity index is 2.43. The molecular weight excluding hydrogens is 280 g/mol. The predicted octanol–water partition coefficient (Wildman–Crippen LogP) is 2.25. The van der Waals surface area contributed by atoms with Crippen molar-refractivity contribution in [3.05, 3.63) is 41.3 Å². The van der Waals surface area contributed by atoms with Gasteiger partial charge < -0.3 is 10.0 Å². The molecule has 6 nitrogen and oxygen atoms in total. The predicted molar refractivity (Wildman–Crippen MR) is 77.2 cm³/mol. The summed E-state index contributed by atoms with van der Waals surface area (Å²) in [6.07, 6.45) is 3.06. The highest BCUT2D eigenvalue weighted by atomic mass is 35.5. The summed E-state index contributed by atoms with van der Waals surface area (Å²) >= 11 is 5.82. The molecule has 7 heteroatoms. The zero-order chi connectivity index (χ0) is 14.7. The molecule has 0 aliphatic heterocycles. The van der Waals surface area contributed by atoms with Crippen LogP contribution in [0.5, 0.6) is 0 Å². The fraction of sp³-hybridized carbons (Fsp3) is 0.154. The third kappa shape index (κ3) is 3.16. The van der Waals surface area contributed by atoms with Crippen LogP contribution in [-0.4, -0.2) is 46.1 Å². The molecule has 0 atom stereocenters. The Bertz CT molecular complexity index is 647. The van der Waals surface area contributed by atoms with Crippen LogP contribution in [0.2, 0.25) is 5.02 Å². The van der Waals surface area contributed by atoms with Crippen LogP contribution in [0.25, 0.3) is 11.3 Å². The first-order valence-corrected chi connectivity index (χ1v) is 6.14. The number of imidazole rings is 1. The van der Waals surface area contributed by atoms with E-state index in [1.165, 1.54) is 11.0 Å². The van der Waals surface area contributed by atoms with Crippen LogP contribution in [-0.2, 0) is 0 Å². The quantitative estimate of drug-likeness (QED) is 0.693. The van der Waals surface area contributed by atoms with Gasteiger partial charge in [0, 0.05) is 24.7 Å². The van der Waals surface area contributed by atoms with Gasteiger partial charge in [0.05, 0.1) is 11.9 Å². The summed E-state index contributed by atoms with van der Waals surface area (Å²) < 4.78 is 1.23. The maximum absolute atomic E-state index is 11.2. The number of hydrogen-bond acceptors (Lipinski definition) is 3. The lowest BCUT2D eigenvalue weighted by Gasteiger charge is -2.02. The van der Waals surface area contributed by atoms with Gasteiger partial charge in [-0.2, -0.15) is 5.10 Å². The lowest BCUT2D eigenvalue weighted by Crippen LogP contribution is -2.11. The Morgan fingerprint density at radius 3 is 2.60 bits per heavy atom. The van der Waals surface area contributed by atoms with Gasteiger partial charge in [-0.05, 0) is 12.1 Å². The number of carboxylic acids is 1. The second-order valence-electron chi connectivity index (χ2n) is 4.30. The van der Waals surface area contributed by atoms with Crippen LogP contribution in [0.3, 0.4) is 0 Å². The van der Waals surface area contributed by atoms with Crippen LogP contribution in [0.4, 0.5) is 0 Å². The number of halogens is 1. The minimum absolute atomic E-state index is 0.145. The minimum Gasteiger partial charge on any atom is -0.475 e. The van der Waals surface area contributed by atoms with Gasteiger partial charge in [-0.15, -0.1) is 0 Å². The van der Waals surface area contributed by atoms with Gasteiger partial charge in [-0.3, -0.25) is 0 Å². The Kier molecular flexibility index (Phi) is 4.05. The summed E-state index contributed by atoms with van der Waals surface area (Å²) in [6, 6.07) is 6.99. The number of nitrogens with zero attached hydrogens (tertiary/aromatic N) is 4. The Morgan fingerprint density at radius 1 is 1.40 bits per heavy atom. The molecule has 0 saturated heterocycles. The van der Waals surface area contributed by atoms with Crippen LogP contribution in [0.1, 0.15) is 10.6 Å². The molecule has 1 heterocycles. The first-order chi connectivity index (χ1) is 9.47. The maximum atomic E-state index is 11.2. The van der Waals surface area contributed by atoms with Crippen molar-refractivity contribution >= 4 is 23.9 Å². The average Bonchev–Trinajstić information content (AvgIpc) is 2.81. The number of aromatic nitrogens is 2. The van der Waals surface area contributed by atoms with Crippen LogP contribution < -0.4 is 0 Å². The van der Waals surface area contributed by atoms with Crippen molar-refractivity contribution in [1.29, 1.82) is 0 Å². The normalized spacial score (nSPS) is 10.9. The summed E-state index contributed by atoms with van der Waals surface area (Å²) in [4.78, 5) is 17.0. The van der Waals surface area contributed by atoms with Crippen molar-refractivity contribution in [2.75, 3.05) is 14.1 Å². The van der Waals surface area contributed by atoms with Gasteiger partial charge in [0.25, 0.3) is 0 Å². The van der Waals surface area contributed by atoms with E-state index in [2.05, 4.69) is 10.1 Å². The fourth-order valence-electron chi connectivity index (χ4n) is 1.52. The summed E-state index contributed by atoms with van der Waals surface area (Å²) in [5.74, 6) is -1.28. The number of rotatable bonds is 4. The van der Waals surface area contributed by atoms with Crippen LogP contribution >= 0.6 is 11.6 Å². The van der Waals surface area contributed by atoms with Crippen molar-refractivity contribution in [1.82, 2.24) is 14.6 Å². The molecule has 2 rings (SSSR count). The SMILES string of the molecule is CN(C)C=Nn1cc(-c2ccc(Cl)cc2)nc1C(=O)O. The molecule has 1 N–H and O–H groups in total. The molecule has 2 aromatic rings. The van der Waals surface area contributed by atoms with E-state index >= 15 is 0 Å². The van der Waals surface area contributed by atoms with Crippen molar-refractivity contribution < 1.29 is 9.90 Å². The number of hydrogen-bond donors (Lipinski definition) is 1. The van der Waals surface area contributed by atoms with Crippen LogP contribution in [0, 0.1) is 0 Å². The van der Waals surface area contributed by atoms with E-state index in [0.29, 0.717) is 10.7 Å². The Hall–Kier alpha value is -2.34. The average molecular weight is 293 g/mol. The second kappa shape index (κ2) is 5.75. The largest absolute Gasteiger partial charge is 0.475 e. The molecule has 1 aromatic carbocycles. The van der Waals surface area contributed by atoms with E-state index in [9.17, 15) is 4.79 Å².